The van der Waals surface area contributed by atoms with Crippen LogP contribution in [-0.4, -0.2) is 26.6 Å². The molecule has 4 rings (SSSR count). The molecule has 2 amide bonds. The van der Waals surface area contributed by atoms with Crippen molar-refractivity contribution < 1.29 is 27.2 Å². The number of carbonyl (C=O) groups excluding carboxylic acids is 2. The van der Waals surface area contributed by atoms with Gasteiger partial charge < -0.3 is 11.1 Å². The molecule has 182 valence electrons. The van der Waals surface area contributed by atoms with Crippen LogP contribution in [0.15, 0.2) is 48.5 Å². The van der Waals surface area contributed by atoms with Gasteiger partial charge in [0.15, 0.2) is 5.69 Å². The molecular formula is C24H16F4N6O2. The van der Waals surface area contributed by atoms with Crippen molar-refractivity contribution in [3.8, 4) is 6.07 Å². The molecule has 0 atom stereocenters. The van der Waals surface area contributed by atoms with Crippen LogP contribution < -0.4 is 11.1 Å². The molecule has 3 N–H and O–H groups in total. The summed E-state index contributed by atoms with van der Waals surface area (Å²) in [6, 6.07) is 12.2. The molecule has 8 nitrogen and oxygen atoms in total. The van der Waals surface area contributed by atoms with Crippen molar-refractivity contribution in [1.82, 2.24) is 14.8 Å². The smallest absolute Gasteiger partial charge is 0.366 e. The quantitative estimate of drug-likeness (QED) is 0.401. The number of anilines is 1. The highest BCUT2D eigenvalue weighted by Crippen LogP contribution is 2.37. The number of nitriles is 1. The van der Waals surface area contributed by atoms with Crippen LogP contribution in [0.2, 0.25) is 0 Å². The summed E-state index contributed by atoms with van der Waals surface area (Å²) < 4.78 is 56.5. The number of rotatable bonds is 5. The first kappa shape index (κ1) is 24.3. The second kappa shape index (κ2) is 9.10. The zero-order valence-corrected chi connectivity index (χ0v) is 18.5. The maximum atomic E-state index is 14.0. The highest BCUT2D eigenvalue weighted by molar-refractivity contribution is 6.10. The Kier molecular flexibility index (Phi) is 6.15. The predicted octanol–water partition coefficient (Wildman–Crippen LogP) is 4.17. The number of nitrogens with two attached hydrogens (primary N) is 1. The number of fused-ring (bicyclic) bond motifs is 1. The number of aryl methyl sites for hydroxylation is 1. The molecule has 0 fully saturated rings. The summed E-state index contributed by atoms with van der Waals surface area (Å²) in [4.78, 5) is 28.8. The maximum absolute atomic E-state index is 14.0. The van der Waals surface area contributed by atoms with E-state index >= 15 is 0 Å². The van der Waals surface area contributed by atoms with E-state index in [-0.39, 0.29) is 28.7 Å². The van der Waals surface area contributed by atoms with E-state index in [0.717, 1.165) is 18.2 Å². The zero-order chi connectivity index (χ0) is 26.2. The molecule has 36 heavy (non-hydrogen) atoms. The van der Waals surface area contributed by atoms with Gasteiger partial charge in [0, 0.05) is 11.5 Å². The second-order valence-corrected chi connectivity index (χ2v) is 7.81. The van der Waals surface area contributed by atoms with Gasteiger partial charge in [0.05, 0.1) is 40.6 Å². The van der Waals surface area contributed by atoms with Crippen molar-refractivity contribution in [2.45, 2.75) is 19.6 Å². The van der Waals surface area contributed by atoms with Crippen molar-refractivity contribution in [1.29, 1.82) is 5.26 Å². The van der Waals surface area contributed by atoms with Gasteiger partial charge in [-0.15, -0.1) is 0 Å². The number of alkyl halides is 3. The number of benzene rings is 2. The minimum absolute atomic E-state index is 0.0688. The molecule has 0 radical (unpaired) electrons. The van der Waals surface area contributed by atoms with Crippen LogP contribution in [-0.2, 0) is 12.7 Å². The van der Waals surface area contributed by atoms with Crippen LogP contribution in [0.3, 0.4) is 0 Å². The Hall–Kier alpha value is -4.79. The summed E-state index contributed by atoms with van der Waals surface area (Å²) >= 11 is 0. The third kappa shape index (κ3) is 4.72. The van der Waals surface area contributed by atoms with Gasteiger partial charge in [0.25, 0.3) is 5.91 Å². The molecule has 0 saturated carbocycles. The molecule has 0 aliphatic rings. The number of hydrogen-bond donors (Lipinski definition) is 2. The summed E-state index contributed by atoms with van der Waals surface area (Å²) in [6.07, 6.45) is -4.89. The lowest BCUT2D eigenvalue weighted by Crippen LogP contribution is -2.21. The van der Waals surface area contributed by atoms with Gasteiger partial charge in [-0.2, -0.15) is 23.5 Å². The first-order valence-electron chi connectivity index (χ1n) is 10.3. The van der Waals surface area contributed by atoms with E-state index in [1.807, 2.05) is 6.07 Å². The molecule has 4 aromatic rings. The monoisotopic (exact) mass is 496 g/mol. The van der Waals surface area contributed by atoms with Crippen LogP contribution in [0.1, 0.15) is 43.4 Å². The molecule has 0 aliphatic heterocycles. The number of halogens is 4. The van der Waals surface area contributed by atoms with Gasteiger partial charge in [-0.25, -0.2) is 9.37 Å². The van der Waals surface area contributed by atoms with E-state index in [2.05, 4.69) is 15.4 Å². The largest absolute Gasteiger partial charge is 0.435 e. The number of primary amides is 1. The number of hydrogen-bond acceptors (Lipinski definition) is 5. The predicted molar refractivity (Wildman–Crippen MR) is 120 cm³/mol. The van der Waals surface area contributed by atoms with Crippen molar-refractivity contribution in [3.05, 3.63) is 88.1 Å². The Morgan fingerprint density at radius 1 is 1.14 bits per heavy atom. The first-order valence-corrected chi connectivity index (χ1v) is 10.3. The fourth-order valence-electron chi connectivity index (χ4n) is 3.69. The number of pyridine rings is 1. The van der Waals surface area contributed by atoms with Crippen LogP contribution in [0.5, 0.6) is 0 Å². The molecular weight excluding hydrogens is 480 g/mol. The standard InChI is InChI=1S/C24H16F4N6O2/c1-12-20(21(24(26,27)28)34(33-12)11-14-4-2-13(10-29)3-5-14)32-23(36)19-9-17(22(30)35)16-7-6-15(25)8-18(16)31-19/h2-9H,11H2,1H3,(H2,30,35)(H,32,36). The molecule has 0 saturated heterocycles. The summed E-state index contributed by atoms with van der Waals surface area (Å²) in [5.41, 5.74) is 3.59. The van der Waals surface area contributed by atoms with Gasteiger partial charge in [-0.1, -0.05) is 12.1 Å². The molecule has 0 spiro atoms. The van der Waals surface area contributed by atoms with Crippen LogP contribution in [0, 0.1) is 24.1 Å². The van der Waals surface area contributed by atoms with Gasteiger partial charge in [0.2, 0.25) is 5.91 Å². The molecule has 2 aromatic heterocycles. The van der Waals surface area contributed by atoms with Crippen LogP contribution in [0.4, 0.5) is 23.2 Å². The van der Waals surface area contributed by atoms with Gasteiger partial charge >= 0.3 is 6.18 Å². The fraction of sp³-hybridized carbons (Fsp3) is 0.125. The SMILES string of the molecule is Cc1nn(Cc2ccc(C#N)cc2)c(C(F)(F)F)c1NC(=O)c1cc(C(N)=O)c2ccc(F)cc2n1. The van der Waals surface area contributed by atoms with E-state index in [1.54, 1.807) is 0 Å². The van der Waals surface area contributed by atoms with Crippen LogP contribution >= 0.6 is 0 Å². The zero-order valence-electron chi connectivity index (χ0n) is 18.5. The number of amides is 2. The van der Waals surface area contributed by atoms with Crippen molar-refractivity contribution in [3.63, 3.8) is 0 Å². The van der Waals surface area contributed by atoms with E-state index in [9.17, 15) is 27.2 Å². The topological polar surface area (TPSA) is 127 Å². The van der Waals surface area contributed by atoms with Crippen LogP contribution in [0.25, 0.3) is 10.9 Å². The Morgan fingerprint density at radius 3 is 2.44 bits per heavy atom. The number of nitrogens with one attached hydrogen (secondary N) is 1. The van der Waals surface area contributed by atoms with E-state index in [0.29, 0.717) is 15.8 Å². The lowest BCUT2D eigenvalue weighted by atomic mass is 10.1. The van der Waals surface area contributed by atoms with E-state index in [4.69, 9.17) is 11.0 Å². The summed E-state index contributed by atoms with van der Waals surface area (Å²) in [5.74, 6) is -2.69. The summed E-state index contributed by atoms with van der Waals surface area (Å²) in [5, 5.41) is 15.2. The molecule has 12 heteroatoms. The Balaban J connectivity index is 1.74. The maximum Gasteiger partial charge on any atom is 0.435 e. The Bertz CT molecular complexity index is 1550. The van der Waals surface area contributed by atoms with Crippen molar-refractivity contribution in [2.75, 3.05) is 5.32 Å². The summed E-state index contributed by atoms with van der Waals surface area (Å²) in [7, 11) is 0. The van der Waals surface area contributed by atoms with E-state index < -0.39 is 40.9 Å². The fourth-order valence-corrected chi connectivity index (χ4v) is 3.69. The van der Waals surface area contributed by atoms with Crippen molar-refractivity contribution >= 4 is 28.4 Å². The molecule has 0 unspecified atom stereocenters. The average Bonchev–Trinajstić information content (AvgIpc) is 3.13. The molecule has 2 aromatic carbocycles. The minimum atomic E-state index is -4.89. The minimum Gasteiger partial charge on any atom is -0.366 e. The summed E-state index contributed by atoms with van der Waals surface area (Å²) in [6.45, 7) is 1.01. The van der Waals surface area contributed by atoms with Crippen molar-refractivity contribution in [2.24, 2.45) is 5.73 Å². The highest BCUT2D eigenvalue weighted by Gasteiger charge is 2.40. The van der Waals surface area contributed by atoms with Gasteiger partial charge in [-0.3, -0.25) is 14.3 Å². The second-order valence-electron chi connectivity index (χ2n) is 7.81. The normalized spacial score (nSPS) is 11.3. The lowest BCUT2D eigenvalue weighted by molar-refractivity contribution is -0.143. The Morgan fingerprint density at radius 2 is 1.83 bits per heavy atom. The van der Waals surface area contributed by atoms with E-state index in [1.165, 1.54) is 37.3 Å². The molecule has 0 aliphatic carbocycles. The van der Waals surface area contributed by atoms with Gasteiger partial charge in [-0.05, 0) is 42.8 Å². The number of carbonyl (C=O) groups is 2. The van der Waals surface area contributed by atoms with Gasteiger partial charge in [0.1, 0.15) is 11.5 Å². The number of aromatic nitrogens is 3. The lowest BCUT2D eigenvalue weighted by Gasteiger charge is -2.14. The number of nitrogens with zero attached hydrogens (tertiary/aromatic N) is 4. The highest BCUT2D eigenvalue weighted by atomic mass is 19.4. The average molecular weight is 496 g/mol. The Labute approximate surface area is 201 Å². The molecule has 0 bridgehead atoms. The third-order valence-electron chi connectivity index (χ3n) is 5.32. The molecule has 2 heterocycles. The third-order valence-corrected chi connectivity index (χ3v) is 5.32. The first-order chi connectivity index (χ1) is 17.0.